The monoisotopic (exact) mass is 197 g/mol. The van der Waals surface area contributed by atoms with Gasteiger partial charge < -0.3 is 4.98 Å². The zero-order valence-electron chi connectivity index (χ0n) is 7.77. The minimum Gasteiger partial charge on any atom is -0.339 e. The van der Waals surface area contributed by atoms with E-state index in [0.29, 0.717) is 11.0 Å². The molecular formula is C11H7N3O. The second kappa shape index (κ2) is 2.88. The maximum absolute atomic E-state index is 11.7. The Kier molecular flexibility index (Phi) is 1.56. The van der Waals surface area contributed by atoms with Crippen LogP contribution in [-0.4, -0.2) is 15.0 Å². The fourth-order valence-electron chi connectivity index (χ4n) is 1.71. The molecule has 72 valence electrons. The number of hydrogen-bond acceptors (Lipinski definition) is 3. The zero-order valence-corrected chi connectivity index (χ0v) is 7.77. The maximum atomic E-state index is 11.7. The van der Waals surface area contributed by atoms with Crippen LogP contribution in [0.15, 0.2) is 41.5 Å². The number of benzene rings is 1. The first-order valence-corrected chi connectivity index (χ1v) is 4.58. The van der Waals surface area contributed by atoms with E-state index in [2.05, 4.69) is 15.0 Å². The number of hydrogen-bond donors (Lipinski definition) is 1. The predicted octanol–water partition coefficient (Wildman–Crippen LogP) is 1.47. The standard InChI is InChI=1S/C11H7N3O/c15-11-9-7-3-1-2-4-8(7)14-10(9)12-5-6-13-11/h1-6,14H. The zero-order chi connectivity index (χ0) is 10.3. The smallest absolute Gasteiger partial charge is 0.281 e. The molecule has 3 aromatic rings. The van der Waals surface area contributed by atoms with Crippen LogP contribution in [0.3, 0.4) is 0 Å². The summed E-state index contributed by atoms with van der Waals surface area (Å²) in [5.74, 6) is 0. The third kappa shape index (κ3) is 1.11. The topological polar surface area (TPSA) is 58.6 Å². The Hall–Kier alpha value is -2.23. The van der Waals surface area contributed by atoms with Crippen LogP contribution < -0.4 is 5.56 Å². The Balaban J connectivity index is 2.72. The molecule has 0 saturated carbocycles. The van der Waals surface area contributed by atoms with E-state index in [0.717, 1.165) is 10.9 Å². The molecule has 1 aromatic carbocycles. The fourth-order valence-corrected chi connectivity index (χ4v) is 1.71. The first-order chi connectivity index (χ1) is 7.36. The summed E-state index contributed by atoms with van der Waals surface area (Å²) in [7, 11) is 0. The van der Waals surface area contributed by atoms with Crippen molar-refractivity contribution in [2.24, 2.45) is 0 Å². The average Bonchev–Trinajstić information content (AvgIpc) is 2.53. The quantitative estimate of drug-likeness (QED) is 0.593. The first kappa shape index (κ1) is 8.11. The minimum atomic E-state index is -0.250. The van der Waals surface area contributed by atoms with E-state index >= 15 is 0 Å². The molecule has 0 aliphatic rings. The number of fused-ring (bicyclic) bond motifs is 3. The molecule has 0 atom stereocenters. The summed E-state index contributed by atoms with van der Waals surface area (Å²) in [6, 6.07) is 7.60. The van der Waals surface area contributed by atoms with Crippen molar-refractivity contribution in [1.29, 1.82) is 0 Å². The maximum Gasteiger partial charge on any atom is 0.281 e. The van der Waals surface area contributed by atoms with E-state index in [9.17, 15) is 4.79 Å². The van der Waals surface area contributed by atoms with Crippen molar-refractivity contribution >= 4 is 21.9 Å². The molecule has 0 aliphatic carbocycles. The summed E-state index contributed by atoms with van der Waals surface area (Å²) in [6.45, 7) is 0. The third-order valence-electron chi connectivity index (χ3n) is 2.36. The summed E-state index contributed by atoms with van der Waals surface area (Å²) < 4.78 is 0. The SMILES string of the molecule is O=c1nccnc2[nH]c3ccccc3c12. The van der Waals surface area contributed by atoms with E-state index < -0.39 is 0 Å². The number of para-hydroxylation sites is 1. The highest BCUT2D eigenvalue weighted by Crippen LogP contribution is 2.19. The lowest BCUT2D eigenvalue weighted by atomic mass is 10.2. The van der Waals surface area contributed by atoms with Crippen LogP contribution in [0.5, 0.6) is 0 Å². The van der Waals surface area contributed by atoms with Gasteiger partial charge in [0.05, 0.1) is 5.39 Å². The lowest BCUT2D eigenvalue weighted by Crippen LogP contribution is -1.99. The molecule has 2 heterocycles. The molecule has 0 amide bonds. The van der Waals surface area contributed by atoms with E-state index in [1.54, 1.807) is 0 Å². The van der Waals surface area contributed by atoms with E-state index in [1.165, 1.54) is 12.4 Å². The molecule has 0 bridgehead atoms. The van der Waals surface area contributed by atoms with Gasteiger partial charge in [0.1, 0.15) is 5.65 Å². The van der Waals surface area contributed by atoms with Gasteiger partial charge in [0, 0.05) is 23.3 Å². The largest absolute Gasteiger partial charge is 0.339 e. The van der Waals surface area contributed by atoms with Gasteiger partial charge >= 0.3 is 0 Å². The van der Waals surface area contributed by atoms with E-state index in [1.807, 2.05) is 24.3 Å². The van der Waals surface area contributed by atoms with E-state index in [4.69, 9.17) is 0 Å². The lowest BCUT2D eigenvalue weighted by molar-refractivity contribution is 1.27. The van der Waals surface area contributed by atoms with Gasteiger partial charge in [-0.2, -0.15) is 0 Å². The molecule has 0 unspecified atom stereocenters. The number of H-pyrrole nitrogens is 1. The summed E-state index contributed by atoms with van der Waals surface area (Å²) in [5, 5.41) is 1.42. The van der Waals surface area contributed by atoms with Gasteiger partial charge in [0.25, 0.3) is 5.56 Å². The lowest BCUT2D eigenvalue weighted by Gasteiger charge is -1.84. The molecule has 3 rings (SSSR count). The second-order valence-corrected chi connectivity index (χ2v) is 3.26. The molecule has 0 aliphatic heterocycles. The second-order valence-electron chi connectivity index (χ2n) is 3.26. The molecule has 0 saturated heterocycles. The molecule has 4 heteroatoms. The summed E-state index contributed by atoms with van der Waals surface area (Å²) in [6.07, 6.45) is 2.92. The number of aromatic nitrogens is 3. The normalized spacial score (nSPS) is 10.9. The highest BCUT2D eigenvalue weighted by atomic mass is 16.1. The van der Waals surface area contributed by atoms with Crippen LogP contribution in [0.1, 0.15) is 0 Å². The Morgan fingerprint density at radius 2 is 1.87 bits per heavy atom. The van der Waals surface area contributed by atoms with Crippen molar-refractivity contribution in [2.45, 2.75) is 0 Å². The van der Waals surface area contributed by atoms with Gasteiger partial charge in [0.2, 0.25) is 0 Å². The van der Waals surface area contributed by atoms with Gasteiger partial charge in [-0.05, 0) is 6.07 Å². The van der Waals surface area contributed by atoms with Crippen molar-refractivity contribution < 1.29 is 0 Å². The van der Waals surface area contributed by atoms with Gasteiger partial charge in [-0.3, -0.25) is 4.79 Å². The molecule has 1 N–H and O–H groups in total. The van der Waals surface area contributed by atoms with Gasteiger partial charge in [-0.1, -0.05) is 18.2 Å². The summed E-state index contributed by atoms with van der Waals surface area (Å²) in [4.78, 5) is 22.6. The van der Waals surface area contributed by atoms with Crippen LogP contribution in [0, 0.1) is 0 Å². The Morgan fingerprint density at radius 3 is 2.80 bits per heavy atom. The summed E-state index contributed by atoms with van der Waals surface area (Å²) >= 11 is 0. The van der Waals surface area contributed by atoms with E-state index in [-0.39, 0.29) is 5.56 Å². The number of nitrogens with one attached hydrogen (secondary N) is 1. The highest BCUT2D eigenvalue weighted by molar-refractivity contribution is 6.04. The van der Waals surface area contributed by atoms with Crippen LogP contribution in [0.4, 0.5) is 0 Å². The van der Waals surface area contributed by atoms with Crippen molar-refractivity contribution in [1.82, 2.24) is 15.0 Å². The fraction of sp³-hybridized carbons (Fsp3) is 0. The van der Waals surface area contributed by atoms with Gasteiger partial charge in [0.15, 0.2) is 0 Å². The van der Waals surface area contributed by atoms with Crippen molar-refractivity contribution in [2.75, 3.05) is 0 Å². The molecule has 0 spiro atoms. The minimum absolute atomic E-state index is 0.250. The highest BCUT2D eigenvalue weighted by Gasteiger charge is 2.06. The Morgan fingerprint density at radius 1 is 1.07 bits per heavy atom. The molecular weight excluding hydrogens is 190 g/mol. The Bertz CT molecular complexity index is 703. The van der Waals surface area contributed by atoms with Crippen molar-refractivity contribution in [3.8, 4) is 0 Å². The van der Waals surface area contributed by atoms with Gasteiger partial charge in [-0.25, -0.2) is 9.97 Å². The Labute approximate surface area is 84.6 Å². The van der Waals surface area contributed by atoms with Crippen molar-refractivity contribution in [3.63, 3.8) is 0 Å². The number of rotatable bonds is 0. The first-order valence-electron chi connectivity index (χ1n) is 4.58. The predicted molar refractivity (Wildman–Crippen MR) is 57.7 cm³/mol. The van der Waals surface area contributed by atoms with Crippen molar-refractivity contribution in [3.05, 3.63) is 47.0 Å². The van der Waals surface area contributed by atoms with Crippen LogP contribution >= 0.6 is 0 Å². The molecule has 0 fully saturated rings. The van der Waals surface area contributed by atoms with Crippen LogP contribution in [0.25, 0.3) is 21.9 Å². The molecule has 4 nitrogen and oxygen atoms in total. The third-order valence-corrected chi connectivity index (χ3v) is 2.36. The van der Waals surface area contributed by atoms with Gasteiger partial charge in [-0.15, -0.1) is 0 Å². The molecule has 15 heavy (non-hydrogen) atoms. The molecule has 0 radical (unpaired) electrons. The van der Waals surface area contributed by atoms with Crippen LogP contribution in [0.2, 0.25) is 0 Å². The number of aromatic amines is 1. The molecule has 2 aromatic heterocycles. The van der Waals surface area contributed by atoms with Crippen LogP contribution in [-0.2, 0) is 0 Å². The summed E-state index contributed by atoms with van der Waals surface area (Å²) in [5.41, 5.74) is 1.24. The number of nitrogens with zero attached hydrogens (tertiary/aromatic N) is 2. The average molecular weight is 197 g/mol.